The van der Waals surface area contributed by atoms with Crippen molar-refractivity contribution in [1.29, 1.82) is 0 Å². The van der Waals surface area contributed by atoms with Gasteiger partial charge in [-0.15, -0.1) is 0 Å². The third kappa shape index (κ3) is 5.46. The first-order valence-corrected chi connectivity index (χ1v) is 11.3. The Balaban J connectivity index is 1.91. The van der Waals surface area contributed by atoms with Gasteiger partial charge in [0.2, 0.25) is 11.6 Å². The van der Waals surface area contributed by atoms with Crippen molar-refractivity contribution >= 4 is 5.97 Å². The Morgan fingerprint density at radius 3 is 2.42 bits per heavy atom. The van der Waals surface area contributed by atoms with Crippen LogP contribution in [0.4, 0.5) is 0 Å². The lowest BCUT2D eigenvalue weighted by molar-refractivity contribution is -0.225. The molecule has 3 rings (SSSR count). The summed E-state index contributed by atoms with van der Waals surface area (Å²) in [5.41, 5.74) is 2.43. The Kier molecular flexibility index (Phi) is 8.30. The lowest BCUT2D eigenvalue weighted by Gasteiger charge is -2.27. The van der Waals surface area contributed by atoms with Crippen LogP contribution in [-0.4, -0.2) is 45.0 Å². The van der Waals surface area contributed by atoms with Crippen LogP contribution in [0.1, 0.15) is 67.1 Å². The molecular formula is C25H32N4O4. The van der Waals surface area contributed by atoms with Crippen LogP contribution in [0, 0.1) is 0 Å². The van der Waals surface area contributed by atoms with Crippen molar-refractivity contribution < 1.29 is 19.4 Å². The van der Waals surface area contributed by atoms with Crippen LogP contribution >= 0.6 is 0 Å². The number of aromatic nitrogens is 4. The van der Waals surface area contributed by atoms with Crippen LogP contribution in [0.5, 0.6) is 0 Å². The molecule has 1 aromatic carbocycles. The molecule has 0 atom stereocenters. The molecule has 176 valence electrons. The van der Waals surface area contributed by atoms with E-state index in [0.717, 1.165) is 42.8 Å². The Hall–Kier alpha value is -3.10. The van der Waals surface area contributed by atoms with Gasteiger partial charge in [-0.1, -0.05) is 51.0 Å². The van der Waals surface area contributed by atoms with Gasteiger partial charge in [0.15, 0.2) is 0 Å². The number of methoxy groups -OCH3 is 2. The molecule has 0 unspecified atom stereocenters. The number of aryl methyl sites for hydroxylation is 1. The highest BCUT2D eigenvalue weighted by Gasteiger charge is 2.36. The molecule has 0 saturated heterocycles. The average Bonchev–Trinajstić information content (AvgIpc) is 3.24. The maximum absolute atomic E-state index is 11.5. The second-order valence-electron chi connectivity index (χ2n) is 7.92. The average molecular weight is 453 g/mol. The third-order valence-corrected chi connectivity index (χ3v) is 5.68. The fourth-order valence-electron chi connectivity index (χ4n) is 3.84. The second kappa shape index (κ2) is 11.2. The molecule has 2 aromatic heterocycles. The number of carbonyl (C=O) groups is 1. The predicted octanol–water partition coefficient (Wildman–Crippen LogP) is 4.67. The molecule has 33 heavy (non-hydrogen) atoms. The zero-order chi connectivity index (χ0) is 23.8. The molecule has 0 aliphatic rings. The number of benzene rings is 1. The largest absolute Gasteiger partial charge is 0.478 e. The quantitative estimate of drug-likeness (QED) is 0.399. The van der Waals surface area contributed by atoms with Gasteiger partial charge in [0.1, 0.15) is 5.82 Å². The van der Waals surface area contributed by atoms with Gasteiger partial charge in [0, 0.05) is 45.4 Å². The van der Waals surface area contributed by atoms with Crippen molar-refractivity contribution in [3.05, 3.63) is 65.4 Å². The van der Waals surface area contributed by atoms with Gasteiger partial charge >= 0.3 is 5.97 Å². The molecule has 0 amide bonds. The summed E-state index contributed by atoms with van der Waals surface area (Å²) in [6.07, 6.45) is 5.75. The summed E-state index contributed by atoms with van der Waals surface area (Å²) in [5.74, 6) is -0.580. The fraction of sp³-hybridized carbons (Fsp3) is 0.440. The number of hydrogen-bond acceptors (Lipinski definition) is 6. The first-order valence-electron chi connectivity index (χ1n) is 11.3. The highest BCUT2D eigenvalue weighted by Crippen LogP contribution is 2.29. The normalized spacial score (nSPS) is 11.6. The molecule has 0 fully saturated rings. The Bertz CT molecular complexity index is 1060. The number of carboxylic acids is 1. The third-order valence-electron chi connectivity index (χ3n) is 5.68. The first kappa shape index (κ1) is 24.5. The van der Waals surface area contributed by atoms with Crippen molar-refractivity contribution in [1.82, 2.24) is 19.7 Å². The Morgan fingerprint density at radius 2 is 1.82 bits per heavy atom. The van der Waals surface area contributed by atoms with E-state index in [2.05, 4.69) is 18.8 Å². The molecule has 0 aliphatic carbocycles. The second-order valence-corrected chi connectivity index (χ2v) is 7.92. The fourth-order valence-corrected chi connectivity index (χ4v) is 3.84. The summed E-state index contributed by atoms with van der Waals surface area (Å²) >= 11 is 0. The van der Waals surface area contributed by atoms with E-state index in [1.54, 1.807) is 32.5 Å². The van der Waals surface area contributed by atoms with Gasteiger partial charge in [0.25, 0.3) is 0 Å². The molecular weight excluding hydrogens is 420 g/mol. The number of hydrogen-bond donors (Lipinski definition) is 1. The maximum Gasteiger partial charge on any atom is 0.337 e. The number of carboxylic acid groups (broad SMARTS) is 1. The Labute approximate surface area is 194 Å². The smallest absolute Gasteiger partial charge is 0.337 e. The van der Waals surface area contributed by atoms with Crippen LogP contribution in [0.25, 0.3) is 11.3 Å². The lowest BCUT2D eigenvalue weighted by atomic mass is 10.0. The van der Waals surface area contributed by atoms with Crippen LogP contribution in [0.15, 0.2) is 42.6 Å². The zero-order valence-corrected chi connectivity index (χ0v) is 19.7. The van der Waals surface area contributed by atoms with E-state index in [0.29, 0.717) is 24.4 Å². The highest BCUT2D eigenvalue weighted by molar-refractivity contribution is 5.94. The molecule has 0 spiro atoms. The van der Waals surface area contributed by atoms with E-state index >= 15 is 0 Å². The van der Waals surface area contributed by atoms with Crippen LogP contribution < -0.4 is 0 Å². The highest BCUT2D eigenvalue weighted by atomic mass is 16.7. The maximum atomic E-state index is 11.5. The predicted molar refractivity (Wildman–Crippen MR) is 125 cm³/mol. The van der Waals surface area contributed by atoms with Gasteiger partial charge in [-0.3, -0.25) is 4.98 Å². The lowest BCUT2D eigenvalue weighted by Crippen LogP contribution is -2.32. The van der Waals surface area contributed by atoms with Crippen LogP contribution in [0.3, 0.4) is 0 Å². The molecule has 8 nitrogen and oxygen atoms in total. The first-order chi connectivity index (χ1) is 16.0. The molecule has 0 radical (unpaired) electrons. The summed E-state index contributed by atoms with van der Waals surface area (Å²) in [4.78, 5) is 20.6. The molecule has 3 aromatic rings. The van der Waals surface area contributed by atoms with Gasteiger partial charge in [-0.2, -0.15) is 5.10 Å². The summed E-state index contributed by atoms with van der Waals surface area (Å²) in [6.45, 7) is 4.98. The van der Waals surface area contributed by atoms with Gasteiger partial charge in [0.05, 0.1) is 11.3 Å². The number of rotatable bonds is 12. The van der Waals surface area contributed by atoms with Crippen LogP contribution in [-0.2, 0) is 28.2 Å². The zero-order valence-electron chi connectivity index (χ0n) is 19.7. The molecule has 2 heterocycles. The van der Waals surface area contributed by atoms with E-state index in [9.17, 15) is 9.90 Å². The Morgan fingerprint density at radius 1 is 1.09 bits per heavy atom. The number of pyridine rings is 1. The topological polar surface area (TPSA) is 99.4 Å². The molecule has 8 heteroatoms. The number of ether oxygens (including phenoxy) is 2. The minimum atomic E-state index is -0.995. The standard InChI is InChI=1S/C25H32N4O4/c1-5-7-16-29-21(27-24(28-29)25(32-3,33-4)14-6-2)17-18-10-12-19(13-11-18)22-20(23(30)31)9-8-15-26-22/h8-13,15H,5-7,14,16-17H2,1-4H3,(H,30,31). The van der Waals surface area contributed by atoms with E-state index in [4.69, 9.17) is 19.6 Å². The summed E-state index contributed by atoms with van der Waals surface area (Å²) in [6, 6.07) is 10.9. The van der Waals surface area contributed by atoms with Crippen molar-refractivity contribution in [2.75, 3.05) is 14.2 Å². The van der Waals surface area contributed by atoms with E-state index in [1.165, 1.54) is 0 Å². The van der Waals surface area contributed by atoms with E-state index in [-0.39, 0.29) is 5.56 Å². The van der Waals surface area contributed by atoms with Gasteiger partial charge in [-0.25, -0.2) is 14.5 Å². The summed E-state index contributed by atoms with van der Waals surface area (Å²) in [5, 5.41) is 14.2. The van der Waals surface area contributed by atoms with E-state index in [1.807, 2.05) is 28.9 Å². The SMILES string of the molecule is CCCCn1nc(C(CCC)(OC)OC)nc1Cc1ccc(-c2ncccc2C(=O)O)cc1. The molecule has 0 aliphatic heterocycles. The van der Waals surface area contributed by atoms with E-state index < -0.39 is 11.8 Å². The number of aromatic carboxylic acids is 1. The van der Waals surface area contributed by atoms with Crippen molar-refractivity contribution in [3.8, 4) is 11.3 Å². The number of nitrogens with zero attached hydrogens (tertiary/aromatic N) is 4. The summed E-state index contributed by atoms with van der Waals surface area (Å²) in [7, 11) is 3.24. The summed E-state index contributed by atoms with van der Waals surface area (Å²) < 4.78 is 13.4. The number of unbranched alkanes of at least 4 members (excludes halogenated alkanes) is 1. The molecule has 1 N–H and O–H groups in total. The van der Waals surface area contributed by atoms with Crippen molar-refractivity contribution in [2.24, 2.45) is 0 Å². The minimum absolute atomic E-state index is 0.181. The van der Waals surface area contributed by atoms with Crippen molar-refractivity contribution in [3.63, 3.8) is 0 Å². The molecule has 0 saturated carbocycles. The van der Waals surface area contributed by atoms with Gasteiger partial charge < -0.3 is 14.6 Å². The van der Waals surface area contributed by atoms with Crippen molar-refractivity contribution in [2.45, 2.75) is 58.3 Å². The molecule has 0 bridgehead atoms. The monoisotopic (exact) mass is 452 g/mol. The van der Waals surface area contributed by atoms with Crippen LogP contribution in [0.2, 0.25) is 0 Å². The minimum Gasteiger partial charge on any atom is -0.478 e. The van der Waals surface area contributed by atoms with Gasteiger partial charge in [-0.05, 0) is 24.1 Å².